The number of halogens is 2. The molecule has 0 aliphatic heterocycles. The number of azo groups is 1. The first-order chi connectivity index (χ1) is 18.0. The van der Waals surface area contributed by atoms with E-state index in [1.165, 1.54) is 19.1 Å². The molecule has 4 rings (SSSR count). The van der Waals surface area contributed by atoms with Crippen LogP contribution < -0.4 is 44.7 Å². The number of nitrogens with one attached hydrogen (secondary N) is 1. The van der Waals surface area contributed by atoms with Crippen molar-refractivity contribution in [2.24, 2.45) is 10.2 Å². The van der Waals surface area contributed by atoms with Gasteiger partial charge >= 0.3 is 29.6 Å². The summed E-state index contributed by atoms with van der Waals surface area (Å²) in [5, 5.41) is 25.4. The van der Waals surface area contributed by atoms with Gasteiger partial charge in [-0.25, -0.2) is 0 Å². The molecule has 0 heterocycles. The van der Waals surface area contributed by atoms with Crippen molar-refractivity contribution in [1.29, 1.82) is 0 Å². The van der Waals surface area contributed by atoms with E-state index in [1.54, 1.807) is 49.4 Å². The van der Waals surface area contributed by atoms with Crippen LogP contribution in [0.5, 0.6) is 11.5 Å². The topological polar surface area (TPSA) is 140 Å². The van der Waals surface area contributed by atoms with Crippen molar-refractivity contribution < 1.29 is 57.2 Å². The van der Waals surface area contributed by atoms with Gasteiger partial charge in [-0.05, 0) is 55.1 Å². The second-order valence-corrected chi connectivity index (χ2v) is 10.3. The number of anilines is 1. The van der Waals surface area contributed by atoms with E-state index in [-0.39, 0.29) is 62.2 Å². The SMILES string of the molecule is CCOc1cccc(NC(=O)c2cc3ccccc3c(N=Nc3c(C)cc(S(=O)(=O)O)cc3Cl)c2[O-])c1Cl.[Na+]. The third kappa shape index (κ3) is 6.72. The Bertz CT molecular complexity index is 1690. The minimum absolute atomic E-state index is 0. The molecule has 0 atom stereocenters. The van der Waals surface area contributed by atoms with Crippen molar-refractivity contribution in [3.8, 4) is 11.5 Å². The Labute approximate surface area is 256 Å². The molecule has 0 aliphatic rings. The summed E-state index contributed by atoms with van der Waals surface area (Å²) in [5.41, 5.74) is 0.344. The Kier molecular flexibility index (Phi) is 10.0. The molecule has 0 radical (unpaired) electrons. The second-order valence-electron chi connectivity index (χ2n) is 8.07. The van der Waals surface area contributed by atoms with Crippen molar-refractivity contribution in [1.82, 2.24) is 0 Å². The first-order valence-electron chi connectivity index (χ1n) is 11.2. The number of carbonyl (C=O) groups excluding carboxylic acids is 1. The zero-order valence-corrected chi connectivity index (χ0v) is 25.4. The minimum Gasteiger partial charge on any atom is -0.870 e. The molecule has 2 N–H and O–H groups in total. The summed E-state index contributed by atoms with van der Waals surface area (Å²) in [7, 11) is -4.49. The molecule has 196 valence electrons. The van der Waals surface area contributed by atoms with E-state index in [4.69, 9.17) is 27.9 Å². The largest absolute Gasteiger partial charge is 1.00 e. The molecule has 9 nitrogen and oxygen atoms in total. The smallest absolute Gasteiger partial charge is 0.870 e. The number of hydrogen-bond acceptors (Lipinski definition) is 7. The maximum Gasteiger partial charge on any atom is 1.00 e. The molecule has 1 amide bonds. The van der Waals surface area contributed by atoms with Gasteiger partial charge in [0.15, 0.2) is 0 Å². The Morgan fingerprint density at radius 1 is 1.05 bits per heavy atom. The van der Waals surface area contributed by atoms with E-state index in [9.17, 15) is 22.9 Å². The number of amides is 1. The fourth-order valence-corrected chi connectivity index (χ4v) is 4.91. The molecule has 4 aromatic carbocycles. The van der Waals surface area contributed by atoms with Crippen LogP contribution in [0, 0.1) is 6.92 Å². The molecule has 0 fully saturated rings. The molecule has 39 heavy (non-hydrogen) atoms. The van der Waals surface area contributed by atoms with Crippen LogP contribution in [0.1, 0.15) is 22.8 Å². The minimum atomic E-state index is -4.49. The quantitative estimate of drug-likeness (QED) is 0.189. The Morgan fingerprint density at radius 3 is 2.41 bits per heavy atom. The van der Waals surface area contributed by atoms with Gasteiger partial charge in [-0.1, -0.05) is 59.3 Å². The van der Waals surface area contributed by atoms with E-state index in [1.807, 2.05) is 0 Å². The second kappa shape index (κ2) is 12.6. The number of aryl methyl sites for hydroxylation is 1. The third-order valence-corrected chi connectivity index (χ3v) is 7.02. The van der Waals surface area contributed by atoms with Gasteiger partial charge in [0.1, 0.15) is 16.5 Å². The van der Waals surface area contributed by atoms with Crippen LogP contribution in [0.2, 0.25) is 10.0 Å². The number of benzene rings is 4. The number of hydrogen-bond donors (Lipinski definition) is 2. The van der Waals surface area contributed by atoms with Gasteiger partial charge in [0.05, 0.1) is 27.9 Å². The van der Waals surface area contributed by atoms with Crippen molar-refractivity contribution >= 4 is 67.1 Å². The fraction of sp³-hybridized carbons (Fsp3) is 0.115. The van der Waals surface area contributed by atoms with Crippen molar-refractivity contribution in [3.63, 3.8) is 0 Å². The Balaban J connectivity index is 0.00000420. The first-order valence-corrected chi connectivity index (χ1v) is 13.4. The zero-order chi connectivity index (χ0) is 27.6. The van der Waals surface area contributed by atoms with Crippen LogP contribution in [0.15, 0.2) is 75.8 Å². The van der Waals surface area contributed by atoms with Gasteiger partial charge in [-0.2, -0.15) is 13.5 Å². The Hall–Kier alpha value is -2.70. The molecule has 4 aromatic rings. The molecule has 0 saturated carbocycles. The van der Waals surface area contributed by atoms with Crippen molar-refractivity contribution in [2.45, 2.75) is 18.7 Å². The van der Waals surface area contributed by atoms with Crippen LogP contribution >= 0.6 is 23.2 Å². The van der Waals surface area contributed by atoms with Crippen LogP contribution in [0.4, 0.5) is 17.1 Å². The number of rotatable bonds is 7. The molecule has 0 unspecified atom stereocenters. The normalized spacial score (nSPS) is 11.4. The maximum atomic E-state index is 13.4. The zero-order valence-electron chi connectivity index (χ0n) is 21.0. The van der Waals surface area contributed by atoms with E-state index in [0.29, 0.717) is 28.7 Å². The van der Waals surface area contributed by atoms with Gasteiger partial charge in [0.2, 0.25) is 0 Å². The van der Waals surface area contributed by atoms with Gasteiger partial charge in [-0.15, -0.1) is 5.11 Å². The van der Waals surface area contributed by atoms with E-state index >= 15 is 0 Å². The average Bonchev–Trinajstić information content (AvgIpc) is 2.86. The predicted molar refractivity (Wildman–Crippen MR) is 144 cm³/mol. The average molecular weight is 596 g/mol. The number of carbonyl (C=O) groups is 1. The molecule has 0 saturated heterocycles. The van der Waals surface area contributed by atoms with Gasteiger partial charge in [0, 0.05) is 10.9 Å². The molecular weight excluding hydrogens is 576 g/mol. The molecule has 0 aromatic heterocycles. The van der Waals surface area contributed by atoms with Crippen molar-refractivity contribution in [3.05, 3.63) is 81.8 Å². The molecular formula is C26H20Cl2N3NaO6S. The van der Waals surface area contributed by atoms with Crippen LogP contribution in [0.3, 0.4) is 0 Å². The number of ether oxygens (including phenoxy) is 1. The first kappa shape index (κ1) is 30.8. The van der Waals surface area contributed by atoms with Crippen LogP contribution in [0.25, 0.3) is 10.8 Å². The molecule has 13 heteroatoms. The van der Waals surface area contributed by atoms with Crippen LogP contribution in [-0.4, -0.2) is 25.5 Å². The molecule has 0 bridgehead atoms. The number of nitrogens with zero attached hydrogens (tertiary/aromatic N) is 2. The maximum absolute atomic E-state index is 13.4. The third-order valence-electron chi connectivity index (χ3n) is 5.51. The summed E-state index contributed by atoms with van der Waals surface area (Å²) in [4.78, 5) is 12.8. The van der Waals surface area contributed by atoms with E-state index < -0.39 is 26.7 Å². The van der Waals surface area contributed by atoms with E-state index in [2.05, 4.69) is 15.5 Å². The summed E-state index contributed by atoms with van der Waals surface area (Å²) in [5.74, 6) is -1.01. The summed E-state index contributed by atoms with van der Waals surface area (Å²) in [6, 6.07) is 15.4. The summed E-state index contributed by atoms with van der Waals surface area (Å²) < 4.78 is 37.7. The van der Waals surface area contributed by atoms with E-state index in [0.717, 1.165) is 6.07 Å². The summed E-state index contributed by atoms with van der Waals surface area (Å²) >= 11 is 12.5. The van der Waals surface area contributed by atoms with Crippen LogP contribution in [-0.2, 0) is 10.1 Å². The summed E-state index contributed by atoms with van der Waals surface area (Å²) in [6.07, 6.45) is 0. The van der Waals surface area contributed by atoms with Gasteiger partial charge < -0.3 is 15.2 Å². The molecule has 0 spiro atoms. The standard InChI is InChI=1S/C26H21Cl2N3O6S.Na/c1-3-37-21-10-6-9-20(22(21)28)29-26(33)18-12-15-7-4-5-8-17(15)24(25(18)32)31-30-23-14(2)11-16(13-19(23)27)38(34,35)36;/h4-13,32H,3H2,1-2H3,(H,29,33)(H,34,35,36);/q;+1/p-1. The molecule has 0 aliphatic carbocycles. The van der Waals surface area contributed by atoms with Gasteiger partial charge in [-0.3, -0.25) is 9.35 Å². The predicted octanol–water partition coefficient (Wildman–Crippen LogP) is 3.85. The fourth-order valence-electron chi connectivity index (χ4n) is 3.72. The van der Waals surface area contributed by atoms with Gasteiger partial charge in [0.25, 0.3) is 16.0 Å². The number of fused-ring (bicyclic) bond motifs is 1. The summed E-state index contributed by atoms with van der Waals surface area (Å²) in [6.45, 7) is 3.70. The Morgan fingerprint density at radius 2 is 1.74 bits per heavy atom. The van der Waals surface area contributed by atoms with Crippen molar-refractivity contribution in [2.75, 3.05) is 11.9 Å². The monoisotopic (exact) mass is 595 g/mol.